The number of nitrogens with zero attached hydrogens (tertiary/aromatic N) is 1. The largest absolute Gasteiger partial charge is 0.459 e. The van der Waals surface area contributed by atoms with Gasteiger partial charge in [-0.1, -0.05) is 72.8 Å². The lowest BCUT2D eigenvalue weighted by Gasteiger charge is -2.36. The van der Waals surface area contributed by atoms with Crippen molar-refractivity contribution in [2.24, 2.45) is 0 Å². The Bertz CT molecular complexity index is 967. The SMILES string of the molecule is CC=CCC1(C(=O)OCc2ccccc2)C[C@H](OCc2ccccc2)CN1C(=O)OC(C)(C)C. The molecular formula is C28H35NO5. The summed E-state index contributed by atoms with van der Waals surface area (Å²) in [5.74, 6) is -0.453. The van der Waals surface area contributed by atoms with Crippen LogP contribution >= 0.6 is 0 Å². The molecule has 34 heavy (non-hydrogen) atoms. The lowest BCUT2D eigenvalue weighted by atomic mass is 9.91. The number of carbonyl (C=O) groups is 2. The van der Waals surface area contributed by atoms with Gasteiger partial charge >= 0.3 is 12.1 Å². The number of amides is 1. The zero-order valence-corrected chi connectivity index (χ0v) is 20.5. The summed E-state index contributed by atoms with van der Waals surface area (Å²) in [6.45, 7) is 8.10. The second kappa shape index (κ2) is 11.3. The molecule has 1 saturated heterocycles. The number of hydrogen-bond acceptors (Lipinski definition) is 5. The second-order valence-electron chi connectivity index (χ2n) is 9.58. The molecule has 1 aliphatic heterocycles. The van der Waals surface area contributed by atoms with Crippen LogP contribution in [0.3, 0.4) is 0 Å². The second-order valence-corrected chi connectivity index (χ2v) is 9.58. The van der Waals surface area contributed by atoms with E-state index in [9.17, 15) is 9.59 Å². The average molecular weight is 466 g/mol. The summed E-state index contributed by atoms with van der Waals surface area (Å²) in [6, 6.07) is 19.3. The summed E-state index contributed by atoms with van der Waals surface area (Å²) in [6.07, 6.45) is 3.54. The number of likely N-dealkylation sites (tertiary alicyclic amines) is 1. The van der Waals surface area contributed by atoms with Crippen molar-refractivity contribution < 1.29 is 23.8 Å². The van der Waals surface area contributed by atoms with Gasteiger partial charge in [-0.15, -0.1) is 0 Å². The molecule has 6 nitrogen and oxygen atoms in total. The van der Waals surface area contributed by atoms with Crippen LogP contribution in [0, 0.1) is 0 Å². The molecule has 1 unspecified atom stereocenters. The minimum atomic E-state index is -1.20. The summed E-state index contributed by atoms with van der Waals surface area (Å²) in [5, 5.41) is 0. The molecule has 0 aromatic heterocycles. The standard InChI is InChI=1S/C28H35NO5/c1-5-6-17-28(25(30)33-21-23-15-11-8-12-16-23)18-24(32-20-22-13-9-7-10-14-22)19-29(28)26(31)34-27(2,3)4/h5-16,24H,17-21H2,1-4H3/t24-,28?/m0/s1. The highest BCUT2D eigenvalue weighted by Gasteiger charge is 2.55. The van der Waals surface area contributed by atoms with Crippen molar-refractivity contribution in [3.05, 3.63) is 83.9 Å². The Morgan fingerprint density at radius 1 is 1.00 bits per heavy atom. The van der Waals surface area contributed by atoms with Gasteiger partial charge in [-0.3, -0.25) is 4.90 Å². The summed E-state index contributed by atoms with van der Waals surface area (Å²) >= 11 is 0. The van der Waals surface area contributed by atoms with Gasteiger partial charge in [0.1, 0.15) is 17.7 Å². The highest BCUT2D eigenvalue weighted by molar-refractivity contribution is 5.87. The predicted octanol–water partition coefficient (Wildman–Crippen LogP) is 5.66. The predicted molar refractivity (Wildman–Crippen MR) is 131 cm³/mol. The molecule has 2 aromatic carbocycles. The first kappa shape index (κ1) is 25.5. The van der Waals surface area contributed by atoms with Crippen LogP contribution in [-0.4, -0.2) is 40.8 Å². The molecule has 1 heterocycles. The lowest BCUT2D eigenvalue weighted by Crippen LogP contribution is -2.54. The van der Waals surface area contributed by atoms with Gasteiger partial charge in [-0.2, -0.15) is 0 Å². The lowest BCUT2D eigenvalue weighted by molar-refractivity contribution is -0.157. The number of hydrogen-bond donors (Lipinski definition) is 0. The van der Waals surface area contributed by atoms with Crippen molar-refractivity contribution in [3.8, 4) is 0 Å². The molecule has 0 bridgehead atoms. The minimum absolute atomic E-state index is 0.134. The Kier molecular flexibility index (Phi) is 8.51. The van der Waals surface area contributed by atoms with Crippen LogP contribution in [0.4, 0.5) is 4.79 Å². The molecule has 2 aromatic rings. The number of allylic oxidation sites excluding steroid dienone is 1. The molecule has 1 fully saturated rings. The van der Waals surface area contributed by atoms with Crippen LogP contribution in [0.15, 0.2) is 72.8 Å². The molecule has 0 saturated carbocycles. The molecular weight excluding hydrogens is 430 g/mol. The summed E-state index contributed by atoms with van der Waals surface area (Å²) in [7, 11) is 0. The van der Waals surface area contributed by atoms with E-state index in [1.165, 1.54) is 4.90 Å². The highest BCUT2D eigenvalue weighted by atomic mass is 16.6. The maximum Gasteiger partial charge on any atom is 0.411 e. The molecule has 1 amide bonds. The number of benzene rings is 2. The van der Waals surface area contributed by atoms with Gasteiger partial charge in [-0.25, -0.2) is 9.59 Å². The number of esters is 1. The van der Waals surface area contributed by atoms with Crippen LogP contribution in [-0.2, 0) is 32.2 Å². The van der Waals surface area contributed by atoms with Crippen LogP contribution in [0.1, 0.15) is 51.7 Å². The third kappa shape index (κ3) is 6.70. The van der Waals surface area contributed by atoms with Gasteiger partial charge in [0, 0.05) is 6.42 Å². The van der Waals surface area contributed by atoms with Crippen LogP contribution in [0.2, 0.25) is 0 Å². The smallest absolute Gasteiger partial charge is 0.411 e. The Morgan fingerprint density at radius 2 is 1.59 bits per heavy atom. The first-order valence-electron chi connectivity index (χ1n) is 11.7. The fourth-order valence-corrected chi connectivity index (χ4v) is 4.04. The van der Waals surface area contributed by atoms with Crippen molar-refractivity contribution in [1.29, 1.82) is 0 Å². The molecule has 0 N–H and O–H groups in total. The van der Waals surface area contributed by atoms with E-state index in [0.29, 0.717) is 19.4 Å². The molecule has 3 rings (SSSR count). The van der Waals surface area contributed by atoms with Crippen LogP contribution in [0.5, 0.6) is 0 Å². The third-order valence-electron chi connectivity index (χ3n) is 5.69. The summed E-state index contributed by atoms with van der Waals surface area (Å²) in [4.78, 5) is 28.3. The summed E-state index contributed by atoms with van der Waals surface area (Å²) in [5.41, 5.74) is 0.0188. The van der Waals surface area contributed by atoms with Crippen molar-refractivity contribution in [1.82, 2.24) is 4.90 Å². The third-order valence-corrected chi connectivity index (χ3v) is 5.69. The fourth-order valence-electron chi connectivity index (χ4n) is 4.04. The van der Waals surface area contributed by atoms with E-state index < -0.39 is 23.2 Å². The zero-order valence-electron chi connectivity index (χ0n) is 20.5. The van der Waals surface area contributed by atoms with Gasteiger partial charge in [0.25, 0.3) is 0 Å². The van der Waals surface area contributed by atoms with E-state index in [1.54, 1.807) is 0 Å². The Hall–Kier alpha value is -3.12. The molecule has 6 heteroatoms. The van der Waals surface area contributed by atoms with Gasteiger partial charge in [0.15, 0.2) is 0 Å². The average Bonchev–Trinajstić information content (AvgIpc) is 3.20. The Labute approximate surface area is 202 Å². The Morgan fingerprint density at radius 3 is 2.15 bits per heavy atom. The topological polar surface area (TPSA) is 65.1 Å². The maximum atomic E-state index is 13.6. The van der Waals surface area contributed by atoms with Gasteiger partial charge in [0.2, 0.25) is 0 Å². The van der Waals surface area contributed by atoms with Crippen molar-refractivity contribution in [2.75, 3.05) is 6.54 Å². The maximum absolute atomic E-state index is 13.6. The van der Waals surface area contributed by atoms with E-state index in [1.807, 2.05) is 101 Å². The van der Waals surface area contributed by atoms with Crippen LogP contribution < -0.4 is 0 Å². The van der Waals surface area contributed by atoms with E-state index in [4.69, 9.17) is 14.2 Å². The number of carbonyl (C=O) groups excluding carboxylic acids is 2. The molecule has 0 aliphatic carbocycles. The van der Waals surface area contributed by atoms with E-state index >= 15 is 0 Å². The van der Waals surface area contributed by atoms with E-state index in [-0.39, 0.29) is 19.3 Å². The molecule has 1 aliphatic rings. The fraction of sp³-hybridized carbons (Fsp3) is 0.429. The minimum Gasteiger partial charge on any atom is -0.459 e. The normalized spacial score (nSPS) is 20.5. The zero-order chi connectivity index (χ0) is 24.6. The van der Waals surface area contributed by atoms with Gasteiger partial charge < -0.3 is 14.2 Å². The van der Waals surface area contributed by atoms with Crippen LogP contribution in [0.25, 0.3) is 0 Å². The number of ether oxygens (including phenoxy) is 3. The van der Waals surface area contributed by atoms with Crippen molar-refractivity contribution in [2.45, 2.75) is 71.0 Å². The number of rotatable bonds is 8. The van der Waals surface area contributed by atoms with E-state index in [0.717, 1.165) is 11.1 Å². The van der Waals surface area contributed by atoms with Gasteiger partial charge in [-0.05, 0) is 45.2 Å². The van der Waals surface area contributed by atoms with Crippen molar-refractivity contribution >= 4 is 12.1 Å². The molecule has 2 atom stereocenters. The molecule has 182 valence electrons. The first-order valence-corrected chi connectivity index (χ1v) is 11.7. The first-order chi connectivity index (χ1) is 16.2. The summed E-state index contributed by atoms with van der Waals surface area (Å²) < 4.78 is 17.6. The van der Waals surface area contributed by atoms with E-state index in [2.05, 4.69) is 0 Å². The quantitative estimate of drug-likeness (QED) is 0.372. The Balaban J connectivity index is 1.84. The molecule has 0 radical (unpaired) electrons. The highest BCUT2D eigenvalue weighted by Crippen LogP contribution is 2.38. The molecule has 0 spiro atoms. The van der Waals surface area contributed by atoms with Gasteiger partial charge in [0.05, 0.1) is 19.3 Å². The monoisotopic (exact) mass is 465 g/mol. The van der Waals surface area contributed by atoms with Crippen molar-refractivity contribution in [3.63, 3.8) is 0 Å².